The van der Waals surface area contributed by atoms with Crippen molar-refractivity contribution in [1.29, 1.82) is 0 Å². The molecule has 1 heterocycles. The lowest BCUT2D eigenvalue weighted by Crippen LogP contribution is -2.59. The molecule has 9 heteroatoms. The summed E-state index contributed by atoms with van der Waals surface area (Å²) in [6, 6.07) is 0. The first kappa shape index (κ1) is 55.6. The van der Waals surface area contributed by atoms with Crippen molar-refractivity contribution in [1.82, 2.24) is 0 Å². The lowest BCUT2D eigenvalue weighted by molar-refractivity contribution is -0.305. The normalized spacial score (nSPS) is 20.7. The van der Waals surface area contributed by atoms with Crippen LogP contribution < -0.4 is 0 Å². The minimum absolute atomic E-state index is 0.125. The number of hydrogen-bond acceptors (Lipinski definition) is 9. The van der Waals surface area contributed by atoms with Crippen LogP contribution >= 0.6 is 0 Å². The summed E-state index contributed by atoms with van der Waals surface area (Å²) < 4.78 is 22.8. The van der Waals surface area contributed by atoms with E-state index in [1.165, 1.54) is 70.6 Å². The molecule has 346 valence electrons. The minimum atomic E-state index is -1.54. The number of aliphatic hydroxyl groups excluding tert-OH is 4. The Labute approximate surface area is 366 Å². The van der Waals surface area contributed by atoms with Crippen molar-refractivity contribution in [2.75, 3.05) is 26.4 Å². The third-order valence-corrected chi connectivity index (χ3v) is 10.6. The lowest BCUT2D eigenvalue weighted by Gasteiger charge is -2.39. The molecule has 4 N–H and O–H groups in total. The summed E-state index contributed by atoms with van der Waals surface area (Å²) >= 11 is 0. The predicted octanol–water partition coefficient (Wildman–Crippen LogP) is 11.3. The average molecular weight is 845 g/mol. The monoisotopic (exact) mass is 845 g/mol. The Morgan fingerprint density at radius 1 is 0.550 bits per heavy atom. The quantitative estimate of drug-likeness (QED) is 0.0270. The van der Waals surface area contributed by atoms with Crippen molar-refractivity contribution in [3.05, 3.63) is 72.9 Å². The van der Waals surface area contributed by atoms with Gasteiger partial charge in [0.15, 0.2) is 6.29 Å². The fourth-order valence-corrected chi connectivity index (χ4v) is 6.87. The Hall–Kier alpha value is -2.37. The summed E-state index contributed by atoms with van der Waals surface area (Å²) in [4.78, 5) is 12.8. The number of carbonyl (C=O) groups excluding carboxylic acids is 1. The predicted molar refractivity (Wildman–Crippen MR) is 247 cm³/mol. The minimum Gasteiger partial charge on any atom is -0.457 e. The molecule has 1 rings (SSSR count). The van der Waals surface area contributed by atoms with Crippen LogP contribution in [-0.2, 0) is 23.7 Å². The molecule has 60 heavy (non-hydrogen) atoms. The summed E-state index contributed by atoms with van der Waals surface area (Å²) in [6.45, 7) is 4.38. The van der Waals surface area contributed by atoms with Crippen LogP contribution in [0.2, 0.25) is 0 Å². The smallest absolute Gasteiger partial charge is 0.306 e. The van der Waals surface area contributed by atoms with Gasteiger partial charge in [-0.05, 0) is 83.5 Å². The molecule has 0 amide bonds. The Morgan fingerprint density at radius 3 is 1.53 bits per heavy atom. The van der Waals surface area contributed by atoms with Crippen LogP contribution in [0.3, 0.4) is 0 Å². The SMILES string of the molecule is CC/C=C\C/C=C\C/C=C\CCCCCCCCCC(=O)OC(COCCCCCCCCC/C=C\C/C=C\C/C=C\CCCCC)COC1OC(CO)C(O)C(O)C1O. The molecule has 0 aromatic heterocycles. The number of esters is 1. The van der Waals surface area contributed by atoms with Gasteiger partial charge in [-0.1, -0.05) is 164 Å². The van der Waals surface area contributed by atoms with Crippen LogP contribution in [0.15, 0.2) is 72.9 Å². The van der Waals surface area contributed by atoms with Crippen molar-refractivity contribution < 1.29 is 44.2 Å². The van der Waals surface area contributed by atoms with E-state index in [9.17, 15) is 25.2 Å². The summed E-state index contributed by atoms with van der Waals surface area (Å²) in [7, 11) is 0. The van der Waals surface area contributed by atoms with E-state index in [-0.39, 0.29) is 19.2 Å². The van der Waals surface area contributed by atoms with Crippen LogP contribution in [0, 0.1) is 0 Å². The molecule has 1 aliphatic rings. The molecule has 0 aromatic carbocycles. The van der Waals surface area contributed by atoms with E-state index in [1.54, 1.807) is 0 Å². The molecular formula is C51H88O9. The zero-order valence-electron chi connectivity index (χ0n) is 37.9. The second kappa shape index (κ2) is 42.0. The first-order chi connectivity index (χ1) is 29.4. The third-order valence-electron chi connectivity index (χ3n) is 10.6. The van der Waals surface area contributed by atoms with Crippen molar-refractivity contribution >= 4 is 5.97 Å². The van der Waals surface area contributed by atoms with Gasteiger partial charge in [-0.15, -0.1) is 0 Å². The van der Waals surface area contributed by atoms with Crippen molar-refractivity contribution in [2.45, 2.75) is 218 Å². The zero-order valence-corrected chi connectivity index (χ0v) is 37.9. The topological polar surface area (TPSA) is 135 Å². The highest BCUT2D eigenvalue weighted by atomic mass is 16.7. The molecule has 0 bridgehead atoms. The molecular weight excluding hydrogens is 757 g/mol. The van der Waals surface area contributed by atoms with E-state index in [0.717, 1.165) is 89.9 Å². The maximum atomic E-state index is 12.8. The van der Waals surface area contributed by atoms with E-state index in [4.69, 9.17) is 18.9 Å². The van der Waals surface area contributed by atoms with Crippen LogP contribution in [0.4, 0.5) is 0 Å². The fraction of sp³-hybridized carbons (Fsp3) is 0.745. The molecule has 0 radical (unpaired) electrons. The average Bonchev–Trinajstić information content (AvgIpc) is 3.25. The van der Waals surface area contributed by atoms with Gasteiger partial charge in [0.05, 0.1) is 19.8 Å². The summed E-state index contributed by atoms with van der Waals surface area (Å²) in [6.07, 6.45) is 47.8. The second-order valence-corrected chi connectivity index (χ2v) is 16.2. The van der Waals surface area contributed by atoms with Gasteiger partial charge in [-0.2, -0.15) is 0 Å². The number of hydrogen-bond donors (Lipinski definition) is 4. The standard InChI is InChI=1S/C51H88O9/c1-3-5-7-9-11-13-15-17-19-21-22-23-25-27-29-31-33-35-37-39-41-57-43-45(44-58-51-50(56)49(55)48(54)46(42-52)60-51)59-47(53)40-38-36-34-32-30-28-26-24-20-18-16-14-12-10-8-6-4-2/h6,8,11-14,17-20,22-23,45-46,48-52,54-56H,3-5,7,9-10,15-16,21,24-44H2,1-2H3/b8-6-,13-11-,14-12-,19-17-,20-18-,23-22-. The van der Waals surface area contributed by atoms with E-state index >= 15 is 0 Å². The van der Waals surface area contributed by atoms with E-state index in [1.807, 2.05) is 0 Å². The number of rotatable bonds is 40. The van der Waals surface area contributed by atoms with Crippen molar-refractivity contribution in [2.24, 2.45) is 0 Å². The van der Waals surface area contributed by atoms with Gasteiger partial charge in [0.1, 0.15) is 30.5 Å². The van der Waals surface area contributed by atoms with Crippen molar-refractivity contribution in [3.8, 4) is 0 Å². The van der Waals surface area contributed by atoms with Gasteiger partial charge in [0.25, 0.3) is 0 Å². The Balaban J connectivity index is 2.26. The Kier molecular flexibility index (Phi) is 38.9. The number of aliphatic hydroxyl groups is 4. The van der Waals surface area contributed by atoms with Gasteiger partial charge in [-0.3, -0.25) is 4.79 Å². The Bertz CT molecular complexity index is 1140. The van der Waals surface area contributed by atoms with E-state index in [0.29, 0.717) is 13.0 Å². The molecule has 1 fully saturated rings. The van der Waals surface area contributed by atoms with Gasteiger partial charge in [0, 0.05) is 13.0 Å². The highest BCUT2D eigenvalue weighted by Gasteiger charge is 2.44. The molecule has 0 aromatic rings. The Morgan fingerprint density at radius 2 is 1.02 bits per heavy atom. The summed E-state index contributed by atoms with van der Waals surface area (Å²) in [5.41, 5.74) is 0. The van der Waals surface area contributed by atoms with Crippen LogP contribution in [-0.4, -0.2) is 89.6 Å². The molecule has 1 aliphatic heterocycles. The van der Waals surface area contributed by atoms with Gasteiger partial charge in [-0.25, -0.2) is 0 Å². The fourth-order valence-electron chi connectivity index (χ4n) is 6.87. The molecule has 1 saturated heterocycles. The molecule has 6 atom stereocenters. The van der Waals surface area contributed by atoms with Gasteiger partial charge >= 0.3 is 5.97 Å². The molecule has 6 unspecified atom stereocenters. The van der Waals surface area contributed by atoms with Crippen LogP contribution in [0.5, 0.6) is 0 Å². The van der Waals surface area contributed by atoms with Crippen molar-refractivity contribution in [3.63, 3.8) is 0 Å². The largest absolute Gasteiger partial charge is 0.457 e. The number of allylic oxidation sites excluding steroid dienone is 12. The van der Waals surface area contributed by atoms with Gasteiger partial charge < -0.3 is 39.4 Å². The lowest BCUT2D eigenvalue weighted by atomic mass is 9.99. The number of ether oxygens (including phenoxy) is 4. The van der Waals surface area contributed by atoms with Gasteiger partial charge in [0.2, 0.25) is 0 Å². The number of carbonyl (C=O) groups is 1. The molecule has 0 saturated carbocycles. The number of unbranched alkanes of at least 4 members (excludes halogenated alkanes) is 17. The highest BCUT2D eigenvalue weighted by molar-refractivity contribution is 5.69. The maximum absolute atomic E-state index is 12.8. The summed E-state index contributed by atoms with van der Waals surface area (Å²) in [5.74, 6) is -0.330. The van der Waals surface area contributed by atoms with E-state index < -0.39 is 43.4 Å². The van der Waals surface area contributed by atoms with Crippen LogP contribution in [0.25, 0.3) is 0 Å². The zero-order chi connectivity index (χ0) is 43.6. The van der Waals surface area contributed by atoms with E-state index in [2.05, 4.69) is 86.8 Å². The highest BCUT2D eigenvalue weighted by Crippen LogP contribution is 2.22. The first-order valence-corrected chi connectivity index (χ1v) is 24.0. The molecule has 0 spiro atoms. The third kappa shape index (κ3) is 32.4. The second-order valence-electron chi connectivity index (χ2n) is 16.2. The maximum Gasteiger partial charge on any atom is 0.306 e. The first-order valence-electron chi connectivity index (χ1n) is 24.0. The summed E-state index contributed by atoms with van der Waals surface area (Å²) in [5, 5.41) is 40.2. The molecule has 0 aliphatic carbocycles. The molecule has 9 nitrogen and oxygen atoms in total. The van der Waals surface area contributed by atoms with Crippen LogP contribution in [0.1, 0.15) is 181 Å².